The van der Waals surface area contributed by atoms with Crippen LogP contribution in [0.15, 0.2) is 18.2 Å². The summed E-state index contributed by atoms with van der Waals surface area (Å²) in [6, 6.07) is 5.51. The SMILES string of the molecule is Clc1nc(NCCN2CCOCC2)nc(Nc2ccc3c(c2)OCO3)n1. The maximum atomic E-state index is 6.02. The van der Waals surface area contributed by atoms with E-state index in [9.17, 15) is 0 Å². The van der Waals surface area contributed by atoms with Crippen molar-refractivity contribution in [3.05, 3.63) is 23.5 Å². The van der Waals surface area contributed by atoms with Crippen LogP contribution < -0.4 is 20.1 Å². The molecule has 2 aliphatic heterocycles. The molecule has 0 unspecified atom stereocenters. The Bertz CT molecular complexity index is 772. The van der Waals surface area contributed by atoms with Gasteiger partial charge in [-0.25, -0.2) is 0 Å². The summed E-state index contributed by atoms with van der Waals surface area (Å²) in [5.41, 5.74) is 0.774. The van der Waals surface area contributed by atoms with E-state index in [1.54, 1.807) is 0 Å². The first-order valence-electron chi connectivity index (χ1n) is 8.38. The van der Waals surface area contributed by atoms with Gasteiger partial charge >= 0.3 is 0 Å². The Kier molecular flexibility index (Phi) is 5.19. The van der Waals surface area contributed by atoms with Crippen LogP contribution in [0.1, 0.15) is 0 Å². The van der Waals surface area contributed by atoms with Gasteiger partial charge in [0.2, 0.25) is 24.0 Å². The third-order valence-electron chi connectivity index (χ3n) is 4.05. The van der Waals surface area contributed by atoms with Crippen LogP contribution in [0.4, 0.5) is 17.6 Å². The number of benzene rings is 1. The fraction of sp³-hybridized carbons (Fsp3) is 0.438. The molecule has 1 fully saturated rings. The molecule has 0 radical (unpaired) electrons. The summed E-state index contributed by atoms with van der Waals surface area (Å²) < 4.78 is 16.0. The minimum atomic E-state index is 0.122. The number of fused-ring (bicyclic) bond motifs is 1. The predicted octanol–water partition coefficient (Wildman–Crippen LogP) is 1.74. The lowest BCUT2D eigenvalue weighted by Gasteiger charge is -2.26. The molecule has 1 aromatic heterocycles. The van der Waals surface area contributed by atoms with Crippen molar-refractivity contribution in [1.82, 2.24) is 19.9 Å². The Labute approximate surface area is 155 Å². The number of morpholine rings is 1. The average Bonchev–Trinajstić information content (AvgIpc) is 3.10. The normalized spacial score (nSPS) is 16.5. The molecule has 4 rings (SSSR count). The number of hydrogen-bond acceptors (Lipinski definition) is 9. The van der Waals surface area contributed by atoms with Gasteiger partial charge in [0.05, 0.1) is 13.2 Å². The third kappa shape index (κ3) is 4.24. The second-order valence-electron chi connectivity index (χ2n) is 5.83. The highest BCUT2D eigenvalue weighted by Crippen LogP contribution is 2.34. The van der Waals surface area contributed by atoms with Crippen LogP contribution in [0.5, 0.6) is 11.5 Å². The molecule has 0 atom stereocenters. The summed E-state index contributed by atoms with van der Waals surface area (Å²) in [7, 11) is 0. The lowest BCUT2D eigenvalue weighted by Crippen LogP contribution is -2.39. The van der Waals surface area contributed by atoms with Crippen LogP contribution in [0.3, 0.4) is 0 Å². The number of anilines is 3. The molecule has 0 saturated carbocycles. The predicted molar refractivity (Wildman–Crippen MR) is 96.4 cm³/mol. The molecule has 26 heavy (non-hydrogen) atoms. The van der Waals surface area contributed by atoms with Crippen LogP contribution in [-0.2, 0) is 4.74 Å². The van der Waals surface area contributed by atoms with Crippen molar-refractivity contribution < 1.29 is 14.2 Å². The zero-order valence-corrected chi connectivity index (χ0v) is 14.8. The Morgan fingerprint density at radius 2 is 1.85 bits per heavy atom. The molecule has 9 nitrogen and oxygen atoms in total. The fourth-order valence-electron chi connectivity index (χ4n) is 2.74. The van der Waals surface area contributed by atoms with Crippen LogP contribution >= 0.6 is 11.6 Å². The number of rotatable bonds is 6. The van der Waals surface area contributed by atoms with Gasteiger partial charge in [0, 0.05) is 37.9 Å². The van der Waals surface area contributed by atoms with Crippen molar-refractivity contribution in [2.24, 2.45) is 0 Å². The van der Waals surface area contributed by atoms with Crippen LogP contribution in [-0.4, -0.2) is 66.0 Å². The van der Waals surface area contributed by atoms with Crippen LogP contribution in [0.2, 0.25) is 5.28 Å². The van der Waals surface area contributed by atoms with Crippen LogP contribution in [0.25, 0.3) is 0 Å². The molecular formula is C16H19ClN6O3. The van der Waals surface area contributed by atoms with Gasteiger partial charge < -0.3 is 24.8 Å². The number of nitrogens with zero attached hydrogens (tertiary/aromatic N) is 4. The molecule has 10 heteroatoms. The van der Waals surface area contributed by atoms with Gasteiger partial charge in [-0.15, -0.1) is 0 Å². The van der Waals surface area contributed by atoms with E-state index in [1.807, 2.05) is 18.2 Å². The molecule has 2 N–H and O–H groups in total. The molecule has 1 saturated heterocycles. The van der Waals surface area contributed by atoms with Gasteiger partial charge in [0.1, 0.15) is 0 Å². The first-order valence-corrected chi connectivity index (χ1v) is 8.76. The molecule has 2 aromatic rings. The van der Waals surface area contributed by atoms with Gasteiger partial charge in [0.25, 0.3) is 0 Å². The number of ether oxygens (including phenoxy) is 3. The molecule has 0 amide bonds. The van der Waals surface area contributed by atoms with E-state index in [-0.39, 0.29) is 12.1 Å². The summed E-state index contributed by atoms with van der Waals surface area (Å²) in [6.45, 7) is 5.27. The van der Waals surface area contributed by atoms with Gasteiger partial charge in [-0.2, -0.15) is 15.0 Å². The van der Waals surface area contributed by atoms with Gasteiger partial charge in [-0.1, -0.05) is 0 Å². The summed E-state index contributed by atoms with van der Waals surface area (Å²) >= 11 is 6.02. The Morgan fingerprint density at radius 3 is 2.73 bits per heavy atom. The Hall–Kier alpha value is -2.36. The molecule has 3 heterocycles. The summed E-state index contributed by atoms with van der Waals surface area (Å²) in [5.74, 6) is 2.19. The number of halogens is 1. The van der Waals surface area contributed by atoms with Crippen molar-refractivity contribution >= 4 is 29.2 Å². The highest BCUT2D eigenvalue weighted by Gasteiger charge is 2.14. The fourth-order valence-corrected chi connectivity index (χ4v) is 2.90. The largest absolute Gasteiger partial charge is 0.454 e. The van der Waals surface area contributed by atoms with Crippen molar-refractivity contribution in [2.75, 3.05) is 56.8 Å². The highest BCUT2D eigenvalue weighted by molar-refractivity contribution is 6.28. The Balaban J connectivity index is 1.37. The van der Waals surface area contributed by atoms with Gasteiger partial charge in [0.15, 0.2) is 11.5 Å². The van der Waals surface area contributed by atoms with E-state index in [4.69, 9.17) is 25.8 Å². The monoisotopic (exact) mass is 378 g/mol. The van der Waals surface area contributed by atoms with E-state index in [0.29, 0.717) is 24.2 Å². The molecular weight excluding hydrogens is 360 g/mol. The van der Waals surface area contributed by atoms with Crippen LogP contribution in [0, 0.1) is 0 Å². The standard InChI is InChI=1S/C16H19ClN6O3/c17-14-20-15(18-3-4-23-5-7-24-8-6-23)22-16(21-14)19-11-1-2-12-13(9-11)26-10-25-12/h1-2,9H,3-8,10H2,(H2,18,19,20,21,22). The second-order valence-corrected chi connectivity index (χ2v) is 6.16. The van der Waals surface area contributed by atoms with E-state index in [1.165, 1.54) is 0 Å². The number of hydrogen-bond donors (Lipinski definition) is 2. The molecule has 0 spiro atoms. The average molecular weight is 379 g/mol. The van der Waals surface area contributed by atoms with Crippen molar-refractivity contribution in [1.29, 1.82) is 0 Å². The van der Waals surface area contributed by atoms with E-state index in [0.717, 1.165) is 44.3 Å². The number of nitrogens with one attached hydrogen (secondary N) is 2. The summed E-state index contributed by atoms with van der Waals surface area (Å²) in [5, 5.41) is 6.41. The smallest absolute Gasteiger partial charge is 0.233 e. The van der Waals surface area contributed by atoms with Gasteiger partial charge in [-0.3, -0.25) is 4.90 Å². The molecule has 2 aliphatic rings. The maximum Gasteiger partial charge on any atom is 0.233 e. The molecule has 0 aliphatic carbocycles. The quantitative estimate of drug-likeness (QED) is 0.779. The topological polar surface area (TPSA) is 93.7 Å². The van der Waals surface area contributed by atoms with E-state index >= 15 is 0 Å². The lowest BCUT2D eigenvalue weighted by atomic mass is 10.3. The first kappa shape index (κ1) is 17.1. The molecule has 1 aromatic carbocycles. The third-order valence-corrected chi connectivity index (χ3v) is 4.22. The minimum Gasteiger partial charge on any atom is -0.454 e. The number of aromatic nitrogens is 3. The van der Waals surface area contributed by atoms with Crippen molar-refractivity contribution in [3.8, 4) is 11.5 Å². The zero-order valence-electron chi connectivity index (χ0n) is 14.1. The van der Waals surface area contributed by atoms with E-state index < -0.39 is 0 Å². The zero-order chi connectivity index (χ0) is 17.8. The lowest BCUT2D eigenvalue weighted by molar-refractivity contribution is 0.0398. The minimum absolute atomic E-state index is 0.122. The van der Waals surface area contributed by atoms with Crippen molar-refractivity contribution in [2.45, 2.75) is 0 Å². The first-order chi connectivity index (χ1) is 12.8. The second kappa shape index (κ2) is 7.90. The van der Waals surface area contributed by atoms with Crippen molar-refractivity contribution in [3.63, 3.8) is 0 Å². The maximum absolute atomic E-state index is 6.02. The van der Waals surface area contributed by atoms with E-state index in [2.05, 4.69) is 30.5 Å². The summed E-state index contributed by atoms with van der Waals surface area (Å²) in [6.07, 6.45) is 0. The summed E-state index contributed by atoms with van der Waals surface area (Å²) in [4.78, 5) is 14.9. The molecule has 0 bridgehead atoms. The molecule has 138 valence electrons. The van der Waals surface area contributed by atoms with Gasteiger partial charge in [-0.05, 0) is 23.7 Å². The highest BCUT2D eigenvalue weighted by atomic mass is 35.5. The Morgan fingerprint density at radius 1 is 1.04 bits per heavy atom.